The Hall–Kier alpha value is -2.69. The van der Waals surface area contributed by atoms with Gasteiger partial charge in [-0.3, -0.25) is 4.79 Å². The van der Waals surface area contributed by atoms with E-state index in [0.717, 1.165) is 24.4 Å². The monoisotopic (exact) mass is 450 g/mol. The van der Waals surface area contributed by atoms with E-state index in [1.807, 2.05) is 15.7 Å². The minimum atomic E-state index is -4.56. The van der Waals surface area contributed by atoms with E-state index in [9.17, 15) is 23.1 Å². The average molecular weight is 450 g/mol. The predicted octanol–water partition coefficient (Wildman–Crippen LogP) is 2.91. The highest BCUT2D eigenvalue weighted by Gasteiger charge is 2.48. The number of imidazole rings is 1. The van der Waals surface area contributed by atoms with Crippen LogP contribution in [-0.4, -0.2) is 56.4 Å². The number of aliphatic hydroxyl groups is 1. The van der Waals surface area contributed by atoms with Crippen LogP contribution in [0.4, 0.5) is 24.8 Å². The largest absolute Gasteiger partial charge is 0.396 e. The fraction of sp³-hybridized carbons (Fsp3) is 0.619. The molecule has 8 nitrogen and oxygen atoms in total. The summed E-state index contributed by atoms with van der Waals surface area (Å²) in [6, 6.07) is 0. The Morgan fingerprint density at radius 2 is 1.88 bits per heavy atom. The molecule has 2 aliphatic heterocycles. The fourth-order valence-electron chi connectivity index (χ4n) is 4.80. The standard InChI is InChI=1S/C21H25F3N6O2/c22-21(23,24)14-9-16(32)28-18-17(14)20(26-11-25-18)29-5-3-13(4-6-29)19-27-15(12-1-2-12)10-30(19)7-8-31/h10-14,31H,1-9H2,(H,25,26,28,32)/t14-/m1/s1. The average Bonchev–Trinajstić information content (AvgIpc) is 3.53. The van der Waals surface area contributed by atoms with Crippen molar-refractivity contribution in [3.05, 3.63) is 29.6 Å². The van der Waals surface area contributed by atoms with Crippen LogP contribution in [-0.2, 0) is 11.3 Å². The Morgan fingerprint density at radius 3 is 2.53 bits per heavy atom. The van der Waals surface area contributed by atoms with E-state index in [0.29, 0.717) is 38.4 Å². The summed E-state index contributed by atoms with van der Waals surface area (Å²) in [5.41, 5.74) is 1.03. The highest BCUT2D eigenvalue weighted by Crippen LogP contribution is 2.47. The minimum absolute atomic E-state index is 0.0317. The molecule has 2 aromatic heterocycles. The Bertz CT molecular complexity index is 1010. The van der Waals surface area contributed by atoms with E-state index < -0.39 is 24.4 Å². The van der Waals surface area contributed by atoms with Crippen molar-refractivity contribution < 1.29 is 23.1 Å². The van der Waals surface area contributed by atoms with Crippen molar-refractivity contribution in [2.75, 3.05) is 29.9 Å². The number of alkyl halides is 3. The maximum absolute atomic E-state index is 13.7. The van der Waals surface area contributed by atoms with Gasteiger partial charge in [0.2, 0.25) is 5.91 Å². The van der Waals surface area contributed by atoms with Crippen molar-refractivity contribution in [3.63, 3.8) is 0 Å². The van der Waals surface area contributed by atoms with Crippen LogP contribution in [0.1, 0.15) is 66.9 Å². The van der Waals surface area contributed by atoms with Crippen molar-refractivity contribution in [2.24, 2.45) is 0 Å². The van der Waals surface area contributed by atoms with E-state index >= 15 is 0 Å². The maximum Gasteiger partial charge on any atom is 0.396 e. The Morgan fingerprint density at radius 1 is 1.12 bits per heavy atom. The zero-order valence-corrected chi connectivity index (χ0v) is 17.5. The van der Waals surface area contributed by atoms with Crippen LogP contribution in [0, 0.1) is 0 Å². The van der Waals surface area contributed by atoms with E-state index in [1.54, 1.807) is 0 Å². The number of carbonyl (C=O) groups excluding carboxylic acids is 1. The highest BCUT2D eigenvalue weighted by atomic mass is 19.4. The van der Waals surface area contributed by atoms with Crippen LogP contribution in [0.5, 0.6) is 0 Å². The molecule has 172 valence electrons. The smallest absolute Gasteiger partial charge is 0.395 e. The number of aliphatic hydroxyl groups excluding tert-OH is 1. The first-order chi connectivity index (χ1) is 15.3. The van der Waals surface area contributed by atoms with Gasteiger partial charge in [-0.05, 0) is 25.7 Å². The lowest BCUT2D eigenvalue weighted by molar-refractivity contribution is -0.156. The number of nitrogens with zero attached hydrogens (tertiary/aromatic N) is 5. The number of halogens is 3. The fourth-order valence-corrected chi connectivity index (χ4v) is 4.80. The Labute approximate surface area is 182 Å². The molecule has 0 bridgehead atoms. The van der Waals surface area contributed by atoms with Gasteiger partial charge in [0.25, 0.3) is 0 Å². The number of carbonyl (C=O) groups is 1. The number of anilines is 2. The van der Waals surface area contributed by atoms with Gasteiger partial charge >= 0.3 is 6.18 Å². The van der Waals surface area contributed by atoms with Gasteiger partial charge in [-0.25, -0.2) is 15.0 Å². The van der Waals surface area contributed by atoms with Crippen molar-refractivity contribution in [1.82, 2.24) is 19.5 Å². The van der Waals surface area contributed by atoms with Gasteiger partial charge in [0.05, 0.1) is 23.8 Å². The number of fused-ring (bicyclic) bond motifs is 1. The van der Waals surface area contributed by atoms with Gasteiger partial charge in [-0.15, -0.1) is 0 Å². The zero-order chi connectivity index (χ0) is 22.5. The Balaban J connectivity index is 1.38. The normalized spacial score (nSPS) is 22.1. The molecule has 0 spiro atoms. The summed E-state index contributed by atoms with van der Waals surface area (Å²) in [7, 11) is 0. The molecule has 11 heteroatoms. The first kappa shape index (κ1) is 21.2. The molecule has 1 saturated heterocycles. The topological polar surface area (TPSA) is 96.2 Å². The third-order valence-electron chi connectivity index (χ3n) is 6.58. The maximum atomic E-state index is 13.7. The number of nitrogens with one attached hydrogen (secondary N) is 1. The van der Waals surface area contributed by atoms with Gasteiger partial charge in [-0.2, -0.15) is 13.2 Å². The quantitative estimate of drug-likeness (QED) is 0.727. The SMILES string of the molecule is O=C1C[C@@H](C(F)(F)F)c2c(ncnc2N2CCC(c3nc(C4CC4)cn3CCO)CC2)N1. The van der Waals surface area contributed by atoms with Gasteiger partial charge in [0.15, 0.2) is 0 Å². The van der Waals surface area contributed by atoms with E-state index in [-0.39, 0.29) is 29.7 Å². The molecule has 1 saturated carbocycles. The lowest BCUT2D eigenvalue weighted by Gasteiger charge is -2.36. The van der Waals surface area contributed by atoms with Gasteiger partial charge < -0.3 is 19.9 Å². The minimum Gasteiger partial charge on any atom is -0.395 e. The Kier molecular flexibility index (Phi) is 5.31. The first-order valence-electron chi connectivity index (χ1n) is 11.0. The molecule has 1 aliphatic carbocycles. The number of piperidine rings is 1. The van der Waals surface area contributed by atoms with Crippen LogP contribution >= 0.6 is 0 Å². The van der Waals surface area contributed by atoms with Crippen molar-refractivity contribution >= 4 is 17.5 Å². The highest BCUT2D eigenvalue weighted by molar-refractivity contribution is 5.94. The second kappa shape index (κ2) is 8.02. The molecular formula is C21H25F3N6O2. The van der Waals surface area contributed by atoms with Gasteiger partial charge in [-0.1, -0.05) is 0 Å². The third kappa shape index (κ3) is 3.94. The van der Waals surface area contributed by atoms with Crippen LogP contribution in [0.15, 0.2) is 12.5 Å². The summed E-state index contributed by atoms with van der Waals surface area (Å²) in [6.07, 6.45) is 1.74. The number of hydrogen-bond donors (Lipinski definition) is 2. The van der Waals surface area contributed by atoms with Crippen LogP contribution < -0.4 is 10.2 Å². The molecule has 2 aromatic rings. The lowest BCUT2D eigenvalue weighted by atomic mass is 9.90. The molecule has 0 unspecified atom stereocenters. The zero-order valence-electron chi connectivity index (χ0n) is 17.5. The lowest BCUT2D eigenvalue weighted by Crippen LogP contribution is -2.38. The number of amides is 1. The summed E-state index contributed by atoms with van der Waals surface area (Å²) in [6.45, 7) is 1.57. The number of aromatic nitrogens is 4. The second-order valence-electron chi connectivity index (χ2n) is 8.78. The molecule has 2 fully saturated rings. The van der Waals surface area contributed by atoms with Crippen molar-refractivity contribution in [2.45, 2.75) is 62.6 Å². The molecule has 1 amide bonds. The third-order valence-corrected chi connectivity index (χ3v) is 6.58. The van der Waals surface area contributed by atoms with E-state index in [4.69, 9.17) is 4.98 Å². The van der Waals surface area contributed by atoms with Crippen molar-refractivity contribution in [1.29, 1.82) is 0 Å². The molecule has 0 radical (unpaired) electrons. The predicted molar refractivity (Wildman–Crippen MR) is 110 cm³/mol. The first-order valence-corrected chi connectivity index (χ1v) is 11.0. The van der Waals surface area contributed by atoms with Gasteiger partial charge in [0, 0.05) is 44.1 Å². The summed E-state index contributed by atoms with van der Waals surface area (Å²) in [4.78, 5) is 26.6. The summed E-state index contributed by atoms with van der Waals surface area (Å²) < 4.78 is 43.2. The summed E-state index contributed by atoms with van der Waals surface area (Å²) in [5.74, 6) is -0.783. The second-order valence-corrected chi connectivity index (χ2v) is 8.78. The van der Waals surface area contributed by atoms with Crippen LogP contribution in [0.25, 0.3) is 0 Å². The molecule has 1 atom stereocenters. The molecule has 3 aliphatic rings. The number of hydrogen-bond acceptors (Lipinski definition) is 6. The van der Waals surface area contributed by atoms with Crippen LogP contribution in [0.2, 0.25) is 0 Å². The summed E-state index contributed by atoms with van der Waals surface area (Å²) in [5, 5.41) is 11.9. The molecular weight excluding hydrogens is 425 g/mol. The molecule has 4 heterocycles. The van der Waals surface area contributed by atoms with Crippen LogP contribution in [0.3, 0.4) is 0 Å². The van der Waals surface area contributed by atoms with E-state index in [2.05, 4.69) is 15.3 Å². The van der Waals surface area contributed by atoms with Crippen molar-refractivity contribution in [3.8, 4) is 0 Å². The summed E-state index contributed by atoms with van der Waals surface area (Å²) >= 11 is 0. The molecule has 0 aromatic carbocycles. The molecule has 32 heavy (non-hydrogen) atoms. The van der Waals surface area contributed by atoms with Gasteiger partial charge in [0.1, 0.15) is 23.8 Å². The number of rotatable bonds is 5. The molecule has 5 rings (SSSR count). The van der Waals surface area contributed by atoms with E-state index in [1.165, 1.54) is 6.33 Å². The molecule has 2 N–H and O–H groups in total.